The number of nitrogens with zero attached hydrogens (tertiary/aromatic N) is 2. The summed E-state index contributed by atoms with van der Waals surface area (Å²) in [5.41, 5.74) is 2.74. The van der Waals surface area contributed by atoms with E-state index in [-0.39, 0.29) is 29.9 Å². The lowest BCUT2D eigenvalue weighted by atomic mass is 10.1. The Balaban J connectivity index is 0.00000363. The maximum Gasteiger partial charge on any atom is 0.251 e. The molecule has 1 aromatic heterocycles. The van der Waals surface area contributed by atoms with Crippen LogP contribution in [0.2, 0.25) is 0 Å². The third-order valence-electron chi connectivity index (χ3n) is 4.75. The fourth-order valence-electron chi connectivity index (χ4n) is 3.19. The molecular formula is C24H31IN6O. The topological polar surface area (TPSA) is 90.4 Å². The third-order valence-corrected chi connectivity index (χ3v) is 4.75. The predicted octanol–water partition coefficient (Wildman–Crippen LogP) is 3.42. The van der Waals surface area contributed by atoms with Gasteiger partial charge in [0.05, 0.1) is 5.52 Å². The zero-order valence-electron chi connectivity index (χ0n) is 18.5. The lowest BCUT2D eigenvalue weighted by Crippen LogP contribution is -2.39. The minimum absolute atomic E-state index is 0. The van der Waals surface area contributed by atoms with Crippen LogP contribution in [0.4, 0.5) is 5.82 Å². The molecule has 3 rings (SSSR count). The Morgan fingerprint density at radius 3 is 2.66 bits per heavy atom. The van der Waals surface area contributed by atoms with Crippen LogP contribution in [-0.2, 0) is 6.42 Å². The summed E-state index contributed by atoms with van der Waals surface area (Å²) in [4.78, 5) is 21.0. The average Bonchev–Trinajstić information content (AvgIpc) is 2.81. The molecule has 1 amide bonds. The van der Waals surface area contributed by atoms with E-state index in [1.807, 2.05) is 55.5 Å². The zero-order chi connectivity index (χ0) is 21.9. The average molecular weight is 546 g/mol. The van der Waals surface area contributed by atoms with Gasteiger partial charge >= 0.3 is 0 Å². The molecule has 0 spiro atoms. The SMILES string of the molecule is CCNC(=NCCc1cccc(C(=O)NC)c1)NCCNc1ccc2ccccc2n1.I. The second-order valence-electron chi connectivity index (χ2n) is 7.03. The van der Waals surface area contributed by atoms with Crippen molar-refractivity contribution in [2.45, 2.75) is 13.3 Å². The molecule has 0 atom stereocenters. The van der Waals surface area contributed by atoms with E-state index in [4.69, 9.17) is 0 Å². The number of aromatic nitrogens is 1. The molecule has 8 heteroatoms. The van der Waals surface area contributed by atoms with Crippen molar-refractivity contribution in [2.75, 3.05) is 38.5 Å². The summed E-state index contributed by atoms with van der Waals surface area (Å²) in [7, 11) is 1.64. The fourth-order valence-corrected chi connectivity index (χ4v) is 3.19. The van der Waals surface area contributed by atoms with E-state index in [1.165, 1.54) is 0 Å². The monoisotopic (exact) mass is 546 g/mol. The molecule has 2 aromatic carbocycles. The van der Waals surface area contributed by atoms with Gasteiger partial charge in [-0.05, 0) is 49.2 Å². The number of pyridine rings is 1. The minimum atomic E-state index is -0.0752. The van der Waals surface area contributed by atoms with Crippen molar-refractivity contribution in [2.24, 2.45) is 4.99 Å². The number of carbonyl (C=O) groups is 1. The first-order chi connectivity index (χ1) is 15.2. The fraction of sp³-hybridized carbons (Fsp3) is 0.292. The van der Waals surface area contributed by atoms with Gasteiger partial charge in [-0.15, -0.1) is 24.0 Å². The van der Waals surface area contributed by atoms with Gasteiger partial charge in [0.25, 0.3) is 5.91 Å². The molecule has 0 saturated heterocycles. The van der Waals surface area contributed by atoms with Crippen LogP contribution in [0, 0.1) is 0 Å². The number of anilines is 1. The van der Waals surface area contributed by atoms with Crippen LogP contribution < -0.4 is 21.3 Å². The van der Waals surface area contributed by atoms with E-state index in [9.17, 15) is 4.79 Å². The largest absolute Gasteiger partial charge is 0.368 e. The molecule has 3 aromatic rings. The van der Waals surface area contributed by atoms with Crippen LogP contribution in [0.15, 0.2) is 65.7 Å². The Morgan fingerprint density at radius 1 is 1.00 bits per heavy atom. The molecule has 32 heavy (non-hydrogen) atoms. The van der Waals surface area contributed by atoms with Crippen molar-refractivity contribution in [1.82, 2.24) is 20.9 Å². The number of hydrogen-bond acceptors (Lipinski definition) is 4. The number of fused-ring (bicyclic) bond motifs is 1. The number of hydrogen-bond donors (Lipinski definition) is 4. The molecule has 0 aliphatic carbocycles. The molecule has 0 bridgehead atoms. The van der Waals surface area contributed by atoms with Gasteiger partial charge in [-0.25, -0.2) is 4.98 Å². The number of amides is 1. The maximum absolute atomic E-state index is 11.8. The number of rotatable bonds is 9. The highest BCUT2D eigenvalue weighted by atomic mass is 127. The highest BCUT2D eigenvalue weighted by Gasteiger charge is 2.04. The summed E-state index contributed by atoms with van der Waals surface area (Å²) < 4.78 is 0. The summed E-state index contributed by atoms with van der Waals surface area (Å²) in [5, 5.41) is 13.7. The molecule has 1 heterocycles. The molecule has 0 fully saturated rings. The van der Waals surface area contributed by atoms with Crippen molar-refractivity contribution < 1.29 is 4.79 Å². The Morgan fingerprint density at radius 2 is 1.84 bits per heavy atom. The molecule has 170 valence electrons. The number of guanidine groups is 1. The lowest BCUT2D eigenvalue weighted by molar-refractivity contribution is 0.0963. The lowest BCUT2D eigenvalue weighted by Gasteiger charge is -2.12. The second-order valence-corrected chi connectivity index (χ2v) is 7.03. The van der Waals surface area contributed by atoms with E-state index in [0.29, 0.717) is 18.7 Å². The van der Waals surface area contributed by atoms with Crippen LogP contribution in [0.3, 0.4) is 0 Å². The number of benzene rings is 2. The zero-order valence-corrected chi connectivity index (χ0v) is 20.9. The molecular weight excluding hydrogens is 515 g/mol. The number of halogens is 1. The molecule has 4 N–H and O–H groups in total. The van der Waals surface area contributed by atoms with Crippen molar-refractivity contribution in [3.05, 3.63) is 71.8 Å². The number of nitrogens with one attached hydrogen (secondary N) is 4. The first-order valence-electron chi connectivity index (χ1n) is 10.6. The highest BCUT2D eigenvalue weighted by molar-refractivity contribution is 14.0. The van der Waals surface area contributed by atoms with Crippen LogP contribution in [-0.4, -0.2) is 50.1 Å². The first-order valence-corrected chi connectivity index (χ1v) is 10.6. The quantitative estimate of drug-likeness (QED) is 0.143. The molecule has 0 radical (unpaired) electrons. The number of carbonyl (C=O) groups excluding carboxylic acids is 1. The summed E-state index contributed by atoms with van der Waals surface area (Å²) in [6, 6.07) is 19.8. The van der Waals surface area contributed by atoms with Gasteiger partial charge in [-0.2, -0.15) is 0 Å². The molecule has 0 aliphatic rings. The molecule has 0 aliphatic heterocycles. The first kappa shape index (κ1) is 25.4. The van der Waals surface area contributed by atoms with E-state index in [0.717, 1.165) is 47.8 Å². The summed E-state index contributed by atoms with van der Waals surface area (Å²) in [6.07, 6.45) is 0.765. The Bertz CT molecular complexity index is 1040. The Hall–Kier alpha value is -2.88. The standard InChI is InChI=1S/C24H30N6O.HI/c1-3-26-24(28-14-13-18-7-6-9-20(17-18)23(31)25-2)29-16-15-27-22-12-11-19-8-4-5-10-21(19)30-22;/h4-12,17H,3,13-16H2,1-2H3,(H,25,31)(H,27,30)(H2,26,28,29);1H. The minimum Gasteiger partial charge on any atom is -0.368 e. The van der Waals surface area contributed by atoms with E-state index in [1.54, 1.807) is 7.05 Å². The van der Waals surface area contributed by atoms with Gasteiger partial charge in [-0.3, -0.25) is 9.79 Å². The molecule has 0 saturated carbocycles. The molecule has 7 nitrogen and oxygen atoms in total. The predicted molar refractivity (Wildman–Crippen MR) is 143 cm³/mol. The maximum atomic E-state index is 11.8. The summed E-state index contributed by atoms with van der Waals surface area (Å²) in [6.45, 7) is 4.90. The summed E-state index contributed by atoms with van der Waals surface area (Å²) in [5.74, 6) is 1.56. The van der Waals surface area contributed by atoms with E-state index >= 15 is 0 Å². The van der Waals surface area contributed by atoms with E-state index < -0.39 is 0 Å². The third kappa shape index (κ3) is 7.67. The van der Waals surface area contributed by atoms with Gasteiger partial charge in [0.1, 0.15) is 5.82 Å². The smallest absolute Gasteiger partial charge is 0.251 e. The second kappa shape index (κ2) is 13.5. The number of para-hydroxylation sites is 1. The summed E-state index contributed by atoms with van der Waals surface area (Å²) >= 11 is 0. The number of aliphatic imine (C=N–C) groups is 1. The van der Waals surface area contributed by atoms with Crippen molar-refractivity contribution in [3.63, 3.8) is 0 Å². The van der Waals surface area contributed by atoms with Crippen LogP contribution in [0.5, 0.6) is 0 Å². The van der Waals surface area contributed by atoms with Gasteiger partial charge < -0.3 is 21.3 Å². The van der Waals surface area contributed by atoms with Gasteiger partial charge in [-0.1, -0.05) is 30.3 Å². The normalized spacial score (nSPS) is 10.9. The highest BCUT2D eigenvalue weighted by Crippen LogP contribution is 2.14. The van der Waals surface area contributed by atoms with Gasteiger partial charge in [0, 0.05) is 44.2 Å². The van der Waals surface area contributed by atoms with Crippen LogP contribution >= 0.6 is 24.0 Å². The van der Waals surface area contributed by atoms with E-state index in [2.05, 4.69) is 43.4 Å². The van der Waals surface area contributed by atoms with Gasteiger partial charge in [0.2, 0.25) is 0 Å². The van der Waals surface area contributed by atoms with Crippen molar-refractivity contribution in [3.8, 4) is 0 Å². The Labute approximate surface area is 206 Å². The molecule has 0 unspecified atom stereocenters. The van der Waals surface area contributed by atoms with Gasteiger partial charge in [0.15, 0.2) is 5.96 Å². The Kier molecular flexibility index (Phi) is 10.7. The van der Waals surface area contributed by atoms with Crippen molar-refractivity contribution in [1.29, 1.82) is 0 Å². The van der Waals surface area contributed by atoms with Crippen LogP contribution in [0.25, 0.3) is 10.9 Å². The van der Waals surface area contributed by atoms with Crippen molar-refractivity contribution >= 4 is 52.6 Å². The van der Waals surface area contributed by atoms with Crippen LogP contribution in [0.1, 0.15) is 22.8 Å².